The third-order valence-corrected chi connectivity index (χ3v) is 4.28. The Balaban J connectivity index is 1.81. The fraction of sp³-hybridized carbons (Fsp3) is 0.300. The standard InChI is InChI=1S/C20H23N3O2/c1-13(2)23-14(3)22-17-11-15(9-10-18(17)23)20(24)21-12-16-7-5-6-8-19(16)25-4/h5-11,13H,12H2,1-4H3,(H,21,24). The molecule has 5 nitrogen and oxygen atoms in total. The Hall–Kier alpha value is -2.82. The first-order valence-corrected chi connectivity index (χ1v) is 8.40. The van der Waals surface area contributed by atoms with Crippen LogP contribution in [0.4, 0.5) is 0 Å². The number of aryl methyl sites for hydroxylation is 1. The van der Waals surface area contributed by atoms with Crippen molar-refractivity contribution in [2.45, 2.75) is 33.4 Å². The smallest absolute Gasteiger partial charge is 0.251 e. The van der Waals surface area contributed by atoms with Crippen LogP contribution in [0.3, 0.4) is 0 Å². The van der Waals surface area contributed by atoms with Crippen molar-refractivity contribution < 1.29 is 9.53 Å². The first-order chi connectivity index (χ1) is 12.0. The number of imidazole rings is 1. The SMILES string of the molecule is COc1ccccc1CNC(=O)c1ccc2c(c1)nc(C)n2C(C)C. The number of nitrogens with zero attached hydrogens (tertiary/aromatic N) is 2. The fourth-order valence-electron chi connectivity index (χ4n) is 3.14. The molecule has 0 aliphatic carbocycles. The summed E-state index contributed by atoms with van der Waals surface area (Å²) in [5.74, 6) is 1.60. The predicted octanol–water partition coefficient (Wildman–Crippen LogP) is 3.86. The lowest BCUT2D eigenvalue weighted by Gasteiger charge is -2.11. The van der Waals surface area contributed by atoms with Crippen molar-refractivity contribution in [1.82, 2.24) is 14.9 Å². The van der Waals surface area contributed by atoms with Crippen LogP contribution in [-0.4, -0.2) is 22.6 Å². The maximum atomic E-state index is 12.5. The number of ether oxygens (including phenoxy) is 1. The molecule has 0 radical (unpaired) electrons. The van der Waals surface area contributed by atoms with Crippen LogP contribution >= 0.6 is 0 Å². The van der Waals surface area contributed by atoms with E-state index >= 15 is 0 Å². The van der Waals surface area contributed by atoms with Crippen LogP contribution in [0.5, 0.6) is 5.75 Å². The summed E-state index contributed by atoms with van der Waals surface area (Å²) >= 11 is 0. The third kappa shape index (κ3) is 3.36. The van der Waals surface area contributed by atoms with Crippen LogP contribution in [0.15, 0.2) is 42.5 Å². The van der Waals surface area contributed by atoms with E-state index in [1.807, 2.05) is 49.4 Å². The molecule has 1 aromatic heterocycles. The maximum absolute atomic E-state index is 12.5. The highest BCUT2D eigenvalue weighted by molar-refractivity contribution is 5.97. The van der Waals surface area contributed by atoms with Gasteiger partial charge in [0.2, 0.25) is 0 Å². The zero-order valence-corrected chi connectivity index (χ0v) is 15.0. The van der Waals surface area contributed by atoms with Crippen LogP contribution in [0, 0.1) is 6.92 Å². The Kier molecular flexibility index (Phi) is 4.74. The van der Waals surface area contributed by atoms with Gasteiger partial charge in [-0.3, -0.25) is 4.79 Å². The highest BCUT2D eigenvalue weighted by Crippen LogP contribution is 2.22. The number of benzene rings is 2. The summed E-state index contributed by atoms with van der Waals surface area (Å²) in [4.78, 5) is 17.1. The number of para-hydroxylation sites is 1. The van der Waals surface area contributed by atoms with Crippen LogP contribution in [-0.2, 0) is 6.54 Å². The predicted molar refractivity (Wildman–Crippen MR) is 99.0 cm³/mol. The van der Waals surface area contributed by atoms with Gasteiger partial charge in [0.15, 0.2) is 0 Å². The highest BCUT2D eigenvalue weighted by Gasteiger charge is 2.13. The van der Waals surface area contributed by atoms with Gasteiger partial charge in [-0.2, -0.15) is 0 Å². The molecular weight excluding hydrogens is 314 g/mol. The molecule has 0 fully saturated rings. The van der Waals surface area contributed by atoms with Gasteiger partial charge < -0.3 is 14.6 Å². The van der Waals surface area contributed by atoms with Gasteiger partial charge in [-0.15, -0.1) is 0 Å². The lowest BCUT2D eigenvalue weighted by molar-refractivity contribution is 0.0951. The summed E-state index contributed by atoms with van der Waals surface area (Å²) in [5, 5.41) is 2.95. The Morgan fingerprint density at radius 1 is 1.24 bits per heavy atom. The summed E-state index contributed by atoms with van der Waals surface area (Å²) in [5.41, 5.74) is 3.44. The van der Waals surface area contributed by atoms with E-state index in [9.17, 15) is 4.79 Å². The molecule has 0 atom stereocenters. The molecule has 0 aliphatic rings. The van der Waals surface area contributed by atoms with Crippen molar-refractivity contribution in [2.24, 2.45) is 0 Å². The lowest BCUT2D eigenvalue weighted by atomic mass is 10.1. The van der Waals surface area contributed by atoms with Gasteiger partial charge in [0.25, 0.3) is 5.91 Å². The normalized spacial score (nSPS) is 11.1. The van der Waals surface area contributed by atoms with E-state index in [1.165, 1.54) is 0 Å². The second-order valence-electron chi connectivity index (χ2n) is 6.32. The number of nitrogens with one attached hydrogen (secondary N) is 1. The molecule has 0 spiro atoms. The number of hydrogen-bond acceptors (Lipinski definition) is 3. The minimum absolute atomic E-state index is 0.121. The van der Waals surface area contributed by atoms with E-state index in [4.69, 9.17) is 4.74 Å². The second kappa shape index (κ2) is 6.97. The summed E-state index contributed by atoms with van der Waals surface area (Å²) < 4.78 is 7.49. The minimum Gasteiger partial charge on any atom is -0.496 e. The van der Waals surface area contributed by atoms with Gasteiger partial charge in [-0.1, -0.05) is 18.2 Å². The van der Waals surface area contributed by atoms with Crippen LogP contribution in [0.2, 0.25) is 0 Å². The van der Waals surface area contributed by atoms with Crippen molar-refractivity contribution in [2.75, 3.05) is 7.11 Å². The quantitative estimate of drug-likeness (QED) is 0.769. The van der Waals surface area contributed by atoms with Crippen LogP contribution in [0.25, 0.3) is 11.0 Å². The molecular formula is C20H23N3O2. The van der Waals surface area contributed by atoms with Gasteiger partial charge >= 0.3 is 0 Å². The van der Waals surface area contributed by atoms with E-state index in [0.29, 0.717) is 18.2 Å². The molecule has 1 N–H and O–H groups in total. The van der Waals surface area contributed by atoms with Gasteiger partial charge in [-0.25, -0.2) is 4.98 Å². The second-order valence-corrected chi connectivity index (χ2v) is 6.32. The topological polar surface area (TPSA) is 56.1 Å². The molecule has 2 aromatic carbocycles. The number of carbonyl (C=O) groups is 1. The van der Waals surface area contributed by atoms with Gasteiger partial charge in [0.1, 0.15) is 11.6 Å². The summed E-state index contributed by atoms with van der Waals surface area (Å²) in [6, 6.07) is 13.6. The van der Waals surface area contributed by atoms with Crippen molar-refractivity contribution in [3.63, 3.8) is 0 Å². The van der Waals surface area contributed by atoms with Crippen molar-refractivity contribution in [3.05, 3.63) is 59.4 Å². The van der Waals surface area contributed by atoms with Crippen LogP contribution in [0.1, 0.15) is 41.6 Å². The zero-order valence-electron chi connectivity index (χ0n) is 15.0. The molecule has 0 unspecified atom stereocenters. The first kappa shape index (κ1) is 17.0. The molecule has 1 heterocycles. The van der Waals surface area contributed by atoms with Crippen molar-refractivity contribution in [3.8, 4) is 5.75 Å². The minimum atomic E-state index is -0.121. The molecule has 0 saturated heterocycles. The number of rotatable bonds is 5. The Labute approximate surface area is 147 Å². The monoisotopic (exact) mass is 337 g/mol. The fourth-order valence-corrected chi connectivity index (χ4v) is 3.14. The molecule has 0 saturated carbocycles. The molecule has 1 amide bonds. The largest absolute Gasteiger partial charge is 0.496 e. The average molecular weight is 337 g/mol. The molecule has 0 bridgehead atoms. The lowest BCUT2D eigenvalue weighted by Crippen LogP contribution is -2.23. The van der Waals surface area contributed by atoms with Gasteiger partial charge in [0.05, 0.1) is 18.1 Å². The first-order valence-electron chi connectivity index (χ1n) is 8.40. The highest BCUT2D eigenvalue weighted by atomic mass is 16.5. The third-order valence-electron chi connectivity index (χ3n) is 4.28. The zero-order chi connectivity index (χ0) is 18.0. The van der Waals surface area contributed by atoms with Crippen molar-refractivity contribution in [1.29, 1.82) is 0 Å². The molecule has 3 aromatic rings. The maximum Gasteiger partial charge on any atom is 0.251 e. The van der Waals surface area contributed by atoms with E-state index in [-0.39, 0.29) is 5.91 Å². The number of fused-ring (bicyclic) bond motifs is 1. The van der Waals surface area contributed by atoms with E-state index in [2.05, 4.69) is 28.7 Å². The summed E-state index contributed by atoms with van der Waals surface area (Å²) in [7, 11) is 1.63. The summed E-state index contributed by atoms with van der Waals surface area (Å²) in [6.07, 6.45) is 0. The van der Waals surface area contributed by atoms with Gasteiger partial charge in [0, 0.05) is 23.7 Å². The molecule has 130 valence electrons. The molecule has 3 rings (SSSR count). The van der Waals surface area contributed by atoms with Gasteiger partial charge in [-0.05, 0) is 45.0 Å². The van der Waals surface area contributed by atoms with E-state index in [1.54, 1.807) is 7.11 Å². The number of aromatic nitrogens is 2. The molecule has 5 heteroatoms. The Morgan fingerprint density at radius 3 is 2.72 bits per heavy atom. The number of methoxy groups -OCH3 is 1. The van der Waals surface area contributed by atoms with Crippen LogP contribution < -0.4 is 10.1 Å². The Morgan fingerprint density at radius 2 is 2.00 bits per heavy atom. The number of amides is 1. The summed E-state index contributed by atoms with van der Waals surface area (Å²) in [6.45, 7) is 6.66. The van der Waals surface area contributed by atoms with E-state index < -0.39 is 0 Å². The number of hydrogen-bond donors (Lipinski definition) is 1. The van der Waals surface area contributed by atoms with Crippen molar-refractivity contribution >= 4 is 16.9 Å². The number of carbonyl (C=O) groups excluding carboxylic acids is 1. The average Bonchev–Trinajstić information content (AvgIpc) is 2.94. The molecule has 0 aliphatic heterocycles. The Bertz CT molecular complexity index is 912. The molecule has 25 heavy (non-hydrogen) atoms. The van der Waals surface area contributed by atoms with E-state index in [0.717, 1.165) is 28.2 Å².